The first-order valence-electron chi connectivity index (χ1n) is 20.1. The lowest BCUT2D eigenvalue weighted by molar-refractivity contribution is -0.137. The monoisotopic (exact) mass is 815 g/mol. The van der Waals surface area contributed by atoms with E-state index in [9.17, 15) is 32.8 Å². The fourth-order valence-corrected chi connectivity index (χ4v) is 8.30. The molecule has 1 atom stereocenters. The second-order valence-corrected chi connectivity index (χ2v) is 15.6. The van der Waals surface area contributed by atoms with Crippen LogP contribution in [-0.2, 0) is 41.4 Å². The summed E-state index contributed by atoms with van der Waals surface area (Å²) in [7, 11) is 3.57. The molecule has 0 spiro atoms. The lowest BCUT2D eigenvalue weighted by atomic mass is 9.91. The topological polar surface area (TPSA) is 139 Å². The van der Waals surface area contributed by atoms with E-state index in [0.29, 0.717) is 49.0 Å². The van der Waals surface area contributed by atoms with Crippen LogP contribution in [0.3, 0.4) is 0 Å². The van der Waals surface area contributed by atoms with Crippen molar-refractivity contribution in [3.8, 4) is 23.0 Å². The zero-order valence-electron chi connectivity index (χ0n) is 34.3. The molecule has 8 rings (SSSR count). The summed E-state index contributed by atoms with van der Waals surface area (Å²) in [6, 6.07) is 16.1. The van der Waals surface area contributed by atoms with E-state index in [0.717, 1.165) is 69.7 Å². The van der Waals surface area contributed by atoms with Gasteiger partial charge in [-0.05, 0) is 96.8 Å². The smallest absolute Gasteiger partial charge is 0.328 e. The van der Waals surface area contributed by atoms with Gasteiger partial charge in [0.05, 0.1) is 11.0 Å². The minimum Gasteiger partial charge on any atom is -0.358 e. The van der Waals surface area contributed by atoms with Crippen LogP contribution in [0.4, 0.5) is 20.2 Å². The molecule has 1 saturated heterocycles. The molecule has 2 aromatic heterocycles. The Morgan fingerprint density at radius 2 is 1.78 bits per heavy atom. The van der Waals surface area contributed by atoms with E-state index in [4.69, 9.17) is 0 Å². The van der Waals surface area contributed by atoms with Crippen molar-refractivity contribution < 1.29 is 28.0 Å². The van der Waals surface area contributed by atoms with Crippen LogP contribution in [0.15, 0.2) is 65.6 Å². The van der Waals surface area contributed by atoms with Crippen LogP contribution in [0.5, 0.6) is 0 Å². The van der Waals surface area contributed by atoms with Crippen LogP contribution in [0, 0.1) is 18.8 Å². The molecule has 0 aliphatic carbocycles. The highest BCUT2D eigenvalue weighted by Gasteiger charge is 2.39. The van der Waals surface area contributed by atoms with E-state index >= 15 is 0 Å². The molecular weight excluding hydrogens is 769 g/mol. The lowest BCUT2D eigenvalue weighted by Gasteiger charge is -2.33. The number of rotatable bonds is 8. The zero-order chi connectivity index (χ0) is 42.8. The number of hydrogen-bond donors (Lipinski definition) is 2. The van der Waals surface area contributed by atoms with Crippen molar-refractivity contribution in [1.29, 1.82) is 0 Å². The summed E-state index contributed by atoms with van der Waals surface area (Å²) < 4.78 is 31.9. The maximum absolute atomic E-state index is 14.3. The van der Waals surface area contributed by atoms with Crippen molar-refractivity contribution in [1.82, 2.24) is 29.7 Å². The van der Waals surface area contributed by atoms with E-state index in [1.54, 1.807) is 47.6 Å². The lowest BCUT2D eigenvalue weighted by Crippen LogP contribution is -2.52. The Morgan fingerprint density at radius 3 is 2.48 bits per heavy atom. The number of hydrogen-bond acceptors (Lipinski definition) is 7. The number of halogens is 2. The minimum atomic E-state index is -2.61. The minimum absolute atomic E-state index is 0.0126. The maximum Gasteiger partial charge on any atom is 0.328 e. The first kappa shape index (κ1) is 41.5. The Balaban J connectivity index is 0.000000192. The summed E-state index contributed by atoms with van der Waals surface area (Å²) in [5, 5.41) is 4.82. The summed E-state index contributed by atoms with van der Waals surface area (Å²) in [5.74, 6) is 5.25. The number of carbonyl (C=O) groups excluding carboxylic acids is 4. The first-order valence-corrected chi connectivity index (χ1v) is 20.1. The van der Waals surface area contributed by atoms with Crippen LogP contribution in [0.1, 0.15) is 95.7 Å². The molecule has 5 aromatic rings. The number of carbonyl (C=O) groups is 4. The number of benzene rings is 3. The van der Waals surface area contributed by atoms with Crippen molar-refractivity contribution in [2.75, 3.05) is 18.0 Å². The quantitative estimate of drug-likeness (QED) is 0.0809. The molecule has 2 N–H and O–H groups in total. The number of imidazole rings is 1. The number of aromatic nitrogens is 3. The Kier molecular flexibility index (Phi) is 12.0. The van der Waals surface area contributed by atoms with E-state index in [2.05, 4.69) is 52.3 Å². The predicted molar refractivity (Wildman–Crippen MR) is 225 cm³/mol. The summed E-state index contributed by atoms with van der Waals surface area (Å²) in [5.41, 5.74) is 9.74. The van der Waals surface area contributed by atoms with Crippen molar-refractivity contribution in [3.63, 3.8) is 0 Å². The van der Waals surface area contributed by atoms with Gasteiger partial charge in [0.2, 0.25) is 18.2 Å². The zero-order valence-corrected chi connectivity index (χ0v) is 34.3. The molecule has 14 heteroatoms. The average molecular weight is 816 g/mol. The van der Waals surface area contributed by atoms with Gasteiger partial charge in [-0.1, -0.05) is 37.8 Å². The van der Waals surface area contributed by atoms with Crippen molar-refractivity contribution >= 4 is 46.5 Å². The number of pyridine rings is 1. The first-order chi connectivity index (χ1) is 28.8. The Labute approximate surface area is 346 Å². The van der Waals surface area contributed by atoms with E-state index in [-0.39, 0.29) is 35.4 Å². The maximum atomic E-state index is 14.3. The average Bonchev–Trinajstić information content (AvgIpc) is 3.68. The highest BCUT2D eigenvalue weighted by Crippen LogP contribution is 2.43. The molecule has 0 radical (unpaired) electrons. The second kappa shape index (κ2) is 17.3. The third kappa shape index (κ3) is 8.04. The molecule has 3 aromatic carbocycles. The Morgan fingerprint density at radius 1 is 0.983 bits per heavy atom. The van der Waals surface area contributed by atoms with E-state index in [1.165, 1.54) is 4.90 Å². The molecule has 310 valence electrons. The van der Waals surface area contributed by atoms with Gasteiger partial charge in [0.15, 0.2) is 0 Å². The normalized spacial score (nSPS) is 15.9. The number of fused-ring (bicyclic) bond motifs is 3. The van der Waals surface area contributed by atoms with Gasteiger partial charge in [0.25, 0.3) is 12.3 Å². The molecule has 5 heterocycles. The molecule has 0 bridgehead atoms. The summed E-state index contributed by atoms with van der Waals surface area (Å²) in [6.07, 6.45) is 2.49. The molecular formula is C46H47F2N7O5. The van der Waals surface area contributed by atoms with Gasteiger partial charge in [-0.2, -0.15) is 0 Å². The Bertz CT molecular complexity index is 2640. The summed E-state index contributed by atoms with van der Waals surface area (Å²) in [4.78, 5) is 66.9. The van der Waals surface area contributed by atoms with Gasteiger partial charge < -0.3 is 15.1 Å². The third-order valence-corrected chi connectivity index (χ3v) is 11.4. The van der Waals surface area contributed by atoms with Crippen molar-refractivity contribution in [3.05, 3.63) is 110 Å². The summed E-state index contributed by atoms with van der Waals surface area (Å²) >= 11 is 0. The van der Waals surface area contributed by atoms with Crippen molar-refractivity contribution in [2.24, 2.45) is 14.1 Å². The number of aryl methyl sites for hydroxylation is 4. The van der Waals surface area contributed by atoms with Gasteiger partial charge in [-0.15, -0.1) is 0 Å². The summed E-state index contributed by atoms with van der Waals surface area (Å²) in [6.45, 7) is 7.59. The number of amides is 4. The predicted octanol–water partition coefficient (Wildman–Crippen LogP) is 6.33. The second-order valence-electron chi connectivity index (χ2n) is 15.6. The van der Waals surface area contributed by atoms with Gasteiger partial charge in [-0.3, -0.25) is 38.6 Å². The van der Waals surface area contributed by atoms with Crippen LogP contribution >= 0.6 is 0 Å². The van der Waals surface area contributed by atoms with Crippen LogP contribution in [-0.4, -0.2) is 62.3 Å². The largest absolute Gasteiger partial charge is 0.358 e. The van der Waals surface area contributed by atoms with Gasteiger partial charge in [0.1, 0.15) is 6.04 Å². The van der Waals surface area contributed by atoms with Crippen LogP contribution in [0.2, 0.25) is 0 Å². The standard InChI is InChI=1S/C28H30F2N4O.C18H17N3O4/c1-16(2)21-12-20(13-25-26(21)33(5)28(35)32(25)4)34-10-6-7-18-11-22(19-9-8-17(3)31-15-19)23(27(29)30)14-24(18)34;22-11-19-9-2-1-4-12-5-3-6-13-14(12)10-21(18(13)25)15-7-8-16(23)20-17(15)24/h8-9,11-16,27H,6-7,10H2,1-5H3;3,5-6,11,15H,2,7-10H2,(H,19,22)(H,20,23,24). The van der Waals surface area contributed by atoms with Gasteiger partial charge in [-0.25, -0.2) is 13.6 Å². The highest BCUT2D eigenvalue weighted by molar-refractivity contribution is 6.05. The highest BCUT2D eigenvalue weighted by atomic mass is 19.3. The molecule has 4 amide bonds. The van der Waals surface area contributed by atoms with E-state index < -0.39 is 18.4 Å². The third-order valence-electron chi connectivity index (χ3n) is 11.4. The number of imide groups is 1. The fraction of sp³-hybridized carbons (Fsp3) is 0.348. The van der Waals surface area contributed by atoms with Crippen molar-refractivity contribution in [2.45, 2.75) is 77.8 Å². The van der Waals surface area contributed by atoms with Gasteiger partial charge >= 0.3 is 5.69 Å². The number of nitrogens with one attached hydrogen (secondary N) is 2. The molecule has 12 nitrogen and oxygen atoms in total. The number of alkyl halides is 2. The molecule has 1 unspecified atom stereocenters. The molecule has 60 heavy (non-hydrogen) atoms. The molecule has 1 fully saturated rings. The Hall–Kier alpha value is -6.62. The fourth-order valence-electron chi connectivity index (χ4n) is 8.30. The number of nitrogens with zero attached hydrogens (tertiary/aromatic N) is 5. The van der Waals surface area contributed by atoms with Crippen LogP contribution < -0.4 is 21.2 Å². The molecule has 3 aliphatic rings. The van der Waals surface area contributed by atoms with Gasteiger partial charge in [0, 0.05) is 92.1 Å². The molecule has 0 saturated carbocycles. The molecule has 3 aliphatic heterocycles. The number of anilines is 2. The SMILES string of the molecule is Cc1ccc(-c2cc3c(cc2C(F)F)N(c2cc(C(C)C)c4c(c2)n(C)c(=O)n4C)CCC3)cn1.O=CNCCC#Cc1cccc2c1CN(C1CCC(=O)NC1=O)C2=O. The number of piperidine rings is 1. The van der Waals surface area contributed by atoms with E-state index in [1.807, 2.05) is 37.3 Å². The van der Waals surface area contributed by atoms with Crippen LogP contribution in [0.25, 0.3) is 22.2 Å².